The van der Waals surface area contributed by atoms with Gasteiger partial charge in [-0.1, -0.05) is 17.3 Å². The van der Waals surface area contributed by atoms with Crippen LogP contribution in [0.1, 0.15) is 17.1 Å². The van der Waals surface area contributed by atoms with Crippen LogP contribution in [0.15, 0.2) is 35.0 Å². The first kappa shape index (κ1) is 11.3. The summed E-state index contributed by atoms with van der Waals surface area (Å²) in [7, 11) is 0. The molecule has 0 amide bonds. The molecule has 92 valence electrons. The minimum absolute atomic E-state index is 0.377. The Kier molecular flexibility index (Phi) is 2.80. The van der Waals surface area contributed by atoms with Gasteiger partial charge in [-0.2, -0.15) is 0 Å². The zero-order chi connectivity index (χ0) is 12.5. The molecule has 0 aliphatic rings. The lowest BCUT2D eigenvalue weighted by Gasteiger charge is -2.04. The summed E-state index contributed by atoms with van der Waals surface area (Å²) in [6.45, 7) is 2.65. The Bertz CT molecular complexity index is 673. The van der Waals surface area contributed by atoms with Crippen LogP contribution in [0.2, 0.25) is 0 Å². The van der Waals surface area contributed by atoms with Crippen molar-refractivity contribution in [2.24, 2.45) is 0 Å². The fourth-order valence-electron chi connectivity index (χ4n) is 2.09. The molecule has 0 bridgehead atoms. The minimum atomic E-state index is 0.377. The monoisotopic (exact) mass is 261 g/mol. The molecule has 0 saturated carbocycles. The van der Waals surface area contributed by atoms with Gasteiger partial charge in [-0.05, 0) is 18.6 Å². The molecule has 5 heteroatoms. The van der Waals surface area contributed by atoms with Gasteiger partial charge in [0.25, 0.3) is 0 Å². The van der Waals surface area contributed by atoms with Crippen LogP contribution in [0.4, 0.5) is 0 Å². The van der Waals surface area contributed by atoms with Crippen LogP contribution in [0.5, 0.6) is 0 Å². The maximum absolute atomic E-state index is 5.97. The number of para-hydroxylation sites is 1. The number of alkyl halides is 1. The Labute approximate surface area is 109 Å². The van der Waals surface area contributed by atoms with Gasteiger partial charge in [-0.15, -0.1) is 11.6 Å². The Morgan fingerprint density at radius 1 is 1.33 bits per heavy atom. The summed E-state index contributed by atoms with van der Waals surface area (Å²) >= 11 is 5.97. The molecule has 0 aliphatic heterocycles. The highest BCUT2D eigenvalue weighted by Crippen LogP contribution is 2.21. The summed E-state index contributed by atoms with van der Waals surface area (Å²) in [4.78, 5) is 4.58. The van der Waals surface area contributed by atoms with E-state index >= 15 is 0 Å². The van der Waals surface area contributed by atoms with Crippen LogP contribution in [-0.2, 0) is 12.4 Å². The standard InChI is InChI=1S/C13H12ClN3O/c1-9-3-2-4-11-13(9)16-12(7-14)17(11)8-10-5-6-15-18-10/h2-6H,7-8H2,1H3. The van der Waals surface area contributed by atoms with E-state index in [4.69, 9.17) is 16.1 Å². The van der Waals surface area contributed by atoms with Gasteiger partial charge in [0, 0.05) is 6.07 Å². The van der Waals surface area contributed by atoms with Crippen LogP contribution < -0.4 is 0 Å². The first-order valence-corrected chi connectivity index (χ1v) is 6.23. The second kappa shape index (κ2) is 4.46. The van der Waals surface area contributed by atoms with Gasteiger partial charge >= 0.3 is 0 Å². The number of hydrogen-bond donors (Lipinski definition) is 0. The molecule has 3 rings (SSSR count). The Balaban J connectivity index is 2.17. The van der Waals surface area contributed by atoms with Crippen molar-refractivity contribution in [2.45, 2.75) is 19.3 Å². The van der Waals surface area contributed by atoms with E-state index < -0.39 is 0 Å². The second-order valence-corrected chi connectivity index (χ2v) is 4.44. The summed E-state index contributed by atoms with van der Waals surface area (Å²) in [5, 5.41) is 3.71. The predicted molar refractivity (Wildman–Crippen MR) is 69.6 cm³/mol. The number of fused-ring (bicyclic) bond motifs is 1. The summed E-state index contributed by atoms with van der Waals surface area (Å²) in [6, 6.07) is 7.96. The van der Waals surface area contributed by atoms with Crippen molar-refractivity contribution >= 4 is 22.6 Å². The molecule has 2 heterocycles. The molecule has 2 aromatic heterocycles. The highest BCUT2D eigenvalue weighted by Gasteiger charge is 2.12. The third kappa shape index (κ3) is 1.78. The molecular formula is C13H12ClN3O. The second-order valence-electron chi connectivity index (χ2n) is 4.17. The molecule has 0 unspecified atom stereocenters. The molecular weight excluding hydrogens is 250 g/mol. The number of hydrogen-bond acceptors (Lipinski definition) is 3. The van der Waals surface area contributed by atoms with Crippen molar-refractivity contribution in [3.8, 4) is 0 Å². The van der Waals surface area contributed by atoms with Crippen molar-refractivity contribution in [3.05, 3.63) is 47.6 Å². The summed E-state index contributed by atoms with van der Waals surface area (Å²) < 4.78 is 7.21. The number of aryl methyl sites for hydroxylation is 1. The zero-order valence-electron chi connectivity index (χ0n) is 9.93. The minimum Gasteiger partial charge on any atom is -0.359 e. The average molecular weight is 262 g/mol. The van der Waals surface area contributed by atoms with Crippen molar-refractivity contribution in [3.63, 3.8) is 0 Å². The third-order valence-corrected chi connectivity index (χ3v) is 3.22. The van der Waals surface area contributed by atoms with E-state index in [1.165, 1.54) is 0 Å². The largest absolute Gasteiger partial charge is 0.359 e. The maximum Gasteiger partial charge on any atom is 0.156 e. The van der Waals surface area contributed by atoms with Crippen LogP contribution in [-0.4, -0.2) is 14.7 Å². The topological polar surface area (TPSA) is 43.9 Å². The molecule has 3 aromatic rings. The highest BCUT2D eigenvalue weighted by atomic mass is 35.5. The Hall–Kier alpha value is -1.81. The molecule has 1 aromatic carbocycles. The van der Waals surface area contributed by atoms with E-state index in [2.05, 4.69) is 14.7 Å². The normalized spacial score (nSPS) is 11.2. The molecule has 0 fully saturated rings. The SMILES string of the molecule is Cc1cccc2c1nc(CCl)n2Cc1ccno1. The van der Waals surface area contributed by atoms with Crippen LogP contribution in [0.3, 0.4) is 0 Å². The first-order chi connectivity index (χ1) is 8.79. The Morgan fingerprint density at radius 3 is 2.94 bits per heavy atom. The lowest BCUT2D eigenvalue weighted by molar-refractivity contribution is 0.376. The molecule has 4 nitrogen and oxygen atoms in total. The predicted octanol–water partition coefficient (Wildman–Crippen LogP) is 3.12. The van der Waals surface area contributed by atoms with Gasteiger partial charge in [0.2, 0.25) is 0 Å². The third-order valence-electron chi connectivity index (χ3n) is 2.98. The first-order valence-electron chi connectivity index (χ1n) is 5.70. The van der Waals surface area contributed by atoms with Gasteiger partial charge in [-0.25, -0.2) is 4.98 Å². The number of imidazole rings is 1. The fourth-order valence-corrected chi connectivity index (χ4v) is 2.30. The molecule has 0 spiro atoms. The molecule has 0 N–H and O–H groups in total. The lowest BCUT2D eigenvalue weighted by Crippen LogP contribution is -2.02. The van der Waals surface area contributed by atoms with Crippen LogP contribution in [0.25, 0.3) is 11.0 Å². The Morgan fingerprint density at radius 2 is 2.22 bits per heavy atom. The summed E-state index contributed by atoms with van der Waals surface area (Å²) in [6.07, 6.45) is 1.64. The van der Waals surface area contributed by atoms with E-state index in [0.29, 0.717) is 12.4 Å². The molecule has 0 aliphatic carbocycles. The van der Waals surface area contributed by atoms with Gasteiger partial charge < -0.3 is 9.09 Å². The highest BCUT2D eigenvalue weighted by molar-refractivity contribution is 6.16. The van der Waals surface area contributed by atoms with E-state index in [9.17, 15) is 0 Å². The van der Waals surface area contributed by atoms with E-state index in [0.717, 1.165) is 28.2 Å². The summed E-state index contributed by atoms with van der Waals surface area (Å²) in [5.41, 5.74) is 3.21. The smallest absolute Gasteiger partial charge is 0.156 e. The number of benzene rings is 1. The number of nitrogens with zero attached hydrogens (tertiary/aromatic N) is 3. The maximum atomic E-state index is 5.97. The van der Waals surface area contributed by atoms with Gasteiger partial charge in [0.1, 0.15) is 5.82 Å². The molecule has 18 heavy (non-hydrogen) atoms. The van der Waals surface area contributed by atoms with Crippen molar-refractivity contribution < 1.29 is 4.52 Å². The fraction of sp³-hybridized carbons (Fsp3) is 0.231. The number of aromatic nitrogens is 3. The van der Waals surface area contributed by atoms with Crippen molar-refractivity contribution in [2.75, 3.05) is 0 Å². The average Bonchev–Trinajstić information content (AvgIpc) is 2.99. The van der Waals surface area contributed by atoms with Crippen LogP contribution in [0, 0.1) is 6.92 Å². The van der Waals surface area contributed by atoms with Crippen molar-refractivity contribution in [1.82, 2.24) is 14.7 Å². The zero-order valence-corrected chi connectivity index (χ0v) is 10.7. The lowest BCUT2D eigenvalue weighted by atomic mass is 10.2. The van der Waals surface area contributed by atoms with Gasteiger partial charge in [-0.3, -0.25) is 0 Å². The molecule has 0 radical (unpaired) electrons. The van der Waals surface area contributed by atoms with E-state index in [-0.39, 0.29) is 0 Å². The summed E-state index contributed by atoms with van der Waals surface area (Å²) in [5.74, 6) is 2.02. The van der Waals surface area contributed by atoms with Crippen molar-refractivity contribution in [1.29, 1.82) is 0 Å². The van der Waals surface area contributed by atoms with E-state index in [1.807, 2.05) is 31.2 Å². The molecule has 0 saturated heterocycles. The number of rotatable bonds is 3. The van der Waals surface area contributed by atoms with Gasteiger partial charge in [0.05, 0.1) is 29.7 Å². The quantitative estimate of drug-likeness (QED) is 0.681. The van der Waals surface area contributed by atoms with Crippen LogP contribution >= 0.6 is 11.6 Å². The number of halogens is 1. The van der Waals surface area contributed by atoms with E-state index in [1.54, 1.807) is 6.20 Å². The molecule has 0 atom stereocenters. The van der Waals surface area contributed by atoms with Gasteiger partial charge in [0.15, 0.2) is 5.76 Å².